The Hall–Kier alpha value is -1.99. The first-order valence-corrected chi connectivity index (χ1v) is 8.81. The van der Waals surface area contributed by atoms with Gasteiger partial charge in [-0.2, -0.15) is 4.31 Å². The average molecular weight is 336 g/mol. The van der Waals surface area contributed by atoms with Crippen molar-refractivity contribution in [1.82, 2.24) is 9.29 Å². The lowest BCUT2D eigenvalue weighted by Gasteiger charge is -2.21. The topological polar surface area (TPSA) is 59.5 Å². The third-order valence-electron chi connectivity index (χ3n) is 3.59. The molecular formula is C16H17FN2O3S. The Labute approximate surface area is 134 Å². The van der Waals surface area contributed by atoms with Crippen molar-refractivity contribution in [2.24, 2.45) is 0 Å². The van der Waals surface area contributed by atoms with Crippen LogP contribution < -0.4 is 4.74 Å². The summed E-state index contributed by atoms with van der Waals surface area (Å²) < 4.78 is 45.2. The Morgan fingerprint density at radius 2 is 1.96 bits per heavy atom. The van der Waals surface area contributed by atoms with E-state index in [9.17, 15) is 12.8 Å². The van der Waals surface area contributed by atoms with Crippen LogP contribution in [0.2, 0.25) is 0 Å². The van der Waals surface area contributed by atoms with Crippen molar-refractivity contribution >= 4 is 10.0 Å². The number of aromatic nitrogens is 1. The maximum absolute atomic E-state index is 12.8. The predicted molar refractivity (Wildman–Crippen MR) is 83.0 cm³/mol. The van der Waals surface area contributed by atoms with E-state index in [1.54, 1.807) is 12.1 Å². The molecule has 3 rings (SSSR count). The van der Waals surface area contributed by atoms with Crippen LogP contribution in [0.4, 0.5) is 4.39 Å². The molecule has 1 saturated carbocycles. The van der Waals surface area contributed by atoms with Crippen molar-refractivity contribution in [2.75, 3.05) is 13.2 Å². The van der Waals surface area contributed by atoms with Gasteiger partial charge in [0, 0.05) is 25.0 Å². The van der Waals surface area contributed by atoms with E-state index in [2.05, 4.69) is 4.98 Å². The van der Waals surface area contributed by atoms with Gasteiger partial charge in [-0.1, -0.05) is 0 Å². The number of benzene rings is 1. The average Bonchev–Trinajstić information content (AvgIpc) is 3.38. The molecular weight excluding hydrogens is 319 g/mol. The van der Waals surface area contributed by atoms with E-state index in [1.165, 1.54) is 41.0 Å². The van der Waals surface area contributed by atoms with Crippen LogP contribution in [0.25, 0.3) is 0 Å². The van der Waals surface area contributed by atoms with E-state index >= 15 is 0 Å². The van der Waals surface area contributed by atoms with Gasteiger partial charge >= 0.3 is 0 Å². The predicted octanol–water partition coefficient (Wildman–Crippen LogP) is 2.45. The van der Waals surface area contributed by atoms with Crippen LogP contribution in [-0.4, -0.2) is 36.9 Å². The minimum atomic E-state index is -3.57. The largest absolute Gasteiger partial charge is 0.492 e. The van der Waals surface area contributed by atoms with Gasteiger partial charge in [-0.05, 0) is 49.2 Å². The zero-order valence-electron chi connectivity index (χ0n) is 12.4. The van der Waals surface area contributed by atoms with E-state index in [-0.39, 0.29) is 29.9 Å². The fraction of sp³-hybridized carbons (Fsp3) is 0.312. The van der Waals surface area contributed by atoms with Gasteiger partial charge in [-0.25, -0.2) is 12.8 Å². The molecule has 1 aromatic carbocycles. The third-order valence-corrected chi connectivity index (χ3v) is 5.52. The highest BCUT2D eigenvalue weighted by atomic mass is 32.2. The van der Waals surface area contributed by atoms with Crippen molar-refractivity contribution in [3.05, 3.63) is 54.6 Å². The molecule has 5 nitrogen and oxygen atoms in total. The Morgan fingerprint density at radius 3 is 2.57 bits per heavy atom. The van der Waals surface area contributed by atoms with Crippen molar-refractivity contribution in [1.29, 1.82) is 0 Å². The maximum atomic E-state index is 12.8. The first kappa shape index (κ1) is 15.9. The molecule has 2 aromatic rings. The number of sulfonamides is 1. The second kappa shape index (κ2) is 6.64. The molecule has 0 radical (unpaired) electrons. The summed E-state index contributed by atoms with van der Waals surface area (Å²) in [5, 5.41) is 0. The molecule has 1 aliphatic carbocycles. The number of halogens is 1. The molecule has 0 amide bonds. The lowest BCUT2D eigenvalue weighted by atomic mass is 10.3. The standard InChI is InChI=1S/C16H17FN2O3S/c17-13-3-7-15(8-4-13)22-11-10-19(14-5-6-14)23(20,21)16-2-1-9-18-12-16/h1-4,7-9,12,14H,5-6,10-11H2. The SMILES string of the molecule is O=S(=O)(c1cccnc1)N(CCOc1ccc(F)cc1)C1CC1. The second-order valence-corrected chi connectivity index (χ2v) is 7.23. The number of nitrogens with zero attached hydrogens (tertiary/aromatic N) is 2. The number of rotatable bonds is 7. The molecule has 1 fully saturated rings. The monoisotopic (exact) mass is 336 g/mol. The molecule has 1 heterocycles. The summed E-state index contributed by atoms with van der Waals surface area (Å²) in [6.07, 6.45) is 4.61. The molecule has 1 aliphatic rings. The highest BCUT2D eigenvalue weighted by molar-refractivity contribution is 7.89. The van der Waals surface area contributed by atoms with Gasteiger partial charge in [-0.15, -0.1) is 0 Å². The smallest absolute Gasteiger partial charge is 0.244 e. The molecule has 0 unspecified atom stereocenters. The van der Waals surface area contributed by atoms with E-state index in [4.69, 9.17) is 4.74 Å². The summed E-state index contributed by atoms with van der Waals surface area (Å²) in [5.74, 6) is 0.178. The number of ether oxygens (including phenoxy) is 1. The van der Waals surface area contributed by atoms with Gasteiger partial charge in [0.05, 0.1) is 0 Å². The second-order valence-electron chi connectivity index (χ2n) is 5.34. The summed E-state index contributed by atoms with van der Waals surface area (Å²) in [6, 6.07) is 8.82. The first-order chi connectivity index (χ1) is 11.1. The van der Waals surface area contributed by atoms with Crippen LogP contribution >= 0.6 is 0 Å². The molecule has 0 atom stereocenters. The van der Waals surface area contributed by atoms with Gasteiger partial charge in [0.1, 0.15) is 23.1 Å². The Kier molecular flexibility index (Phi) is 4.58. The minimum absolute atomic E-state index is 0.0250. The van der Waals surface area contributed by atoms with Crippen LogP contribution in [0.5, 0.6) is 5.75 Å². The molecule has 1 aromatic heterocycles. The van der Waals surface area contributed by atoms with Gasteiger partial charge < -0.3 is 4.74 Å². The van der Waals surface area contributed by atoms with E-state index in [0.717, 1.165) is 12.8 Å². The fourth-order valence-electron chi connectivity index (χ4n) is 2.28. The molecule has 0 bridgehead atoms. The molecule has 0 N–H and O–H groups in total. The molecule has 122 valence electrons. The minimum Gasteiger partial charge on any atom is -0.492 e. The summed E-state index contributed by atoms with van der Waals surface area (Å²) in [4.78, 5) is 4.07. The Morgan fingerprint density at radius 1 is 1.22 bits per heavy atom. The van der Waals surface area contributed by atoms with Crippen LogP contribution in [0.3, 0.4) is 0 Å². The molecule has 0 saturated heterocycles. The third kappa shape index (κ3) is 3.86. The van der Waals surface area contributed by atoms with Gasteiger partial charge in [-0.3, -0.25) is 4.98 Å². The van der Waals surface area contributed by atoms with E-state index < -0.39 is 10.0 Å². The fourth-order valence-corrected chi connectivity index (χ4v) is 3.91. The van der Waals surface area contributed by atoms with Gasteiger partial charge in [0.2, 0.25) is 10.0 Å². The summed E-state index contributed by atoms with van der Waals surface area (Å²) in [7, 11) is -3.57. The highest BCUT2D eigenvalue weighted by Gasteiger charge is 2.37. The van der Waals surface area contributed by atoms with E-state index in [1.807, 2.05) is 0 Å². The Bertz CT molecular complexity index is 747. The summed E-state index contributed by atoms with van der Waals surface area (Å²) >= 11 is 0. The zero-order valence-corrected chi connectivity index (χ0v) is 13.2. The molecule has 0 spiro atoms. The zero-order chi connectivity index (χ0) is 16.3. The first-order valence-electron chi connectivity index (χ1n) is 7.37. The van der Waals surface area contributed by atoms with Crippen LogP contribution in [0.15, 0.2) is 53.7 Å². The van der Waals surface area contributed by atoms with Crippen molar-refractivity contribution in [3.63, 3.8) is 0 Å². The van der Waals surface area contributed by atoms with E-state index in [0.29, 0.717) is 5.75 Å². The molecule has 0 aliphatic heterocycles. The highest BCUT2D eigenvalue weighted by Crippen LogP contribution is 2.31. The number of hydrogen-bond donors (Lipinski definition) is 0. The lowest BCUT2D eigenvalue weighted by molar-refractivity contribution is 0.269. The molecule has 7 heteroatoms. The van der Waals surface area contributed by atoms with Crippen LogP contribution in [0.1, 0.15) is 12.8 Å². The van der Waals surface area contributed by atoms with Gasteiger partial charge in [0.15, 0.2) is 0 Å². The summed E-state index contributed by atoms with van der Waals surface area (Å²) in [6.45, 7) is 0.459. The summed E-state index contributed by atoms with van der Waals surface area (Å²) in [5.41, 5.74) is 0. The van der Waals surface area contributed by atoms with Crippen LogP contribution in [0, 0.1) is 5.82 Å². The van der Waals surface area contributed by atoms with Crippen molar-refractivity contribution < 1.29 is 17.5 Å². The lowest BCUT2D eigenvalue weighted by Crippen LogP contribution is -2.36. The number of pyridine rings is 1. The van der Waals surface area contributed by atoms with Crippen molar-refractivity contribution in [3.8, 4) is 5.75 Å². The quantitative estimate of drug-likeness (QED) is 0.779. The molecule has 23 heavy (non-hydrogen) atoms. The van der Waals surface area contributed by atoms with Crippen LogP contribution in [-0.2, 0) is 10.0 Å². The maximum Gasteiger partial charge on any atom is 0.244 e. The Balaban J connectivity index is 1.67. The normalized spacial score (nSPS) is 14.9. The van der Waals surface area contributed by atoms with Gasteiger partial charge in [0.25, 0.3) is 0 Å². The number of hydrogen-bond acceptors (Lipinski definition) is 4. The van der Waals surface area contributed by atoms with Crippen molar-refractivity contribution in [2.45, 2.75) is 23.8 Å².